The van der Waals surface area contributed by atoms with Gasteiger partial charge >= 0.3 is 0 Å². The molecule has 0 radical (unpaired) electrons. The molecule has 1 aliphatic rings. The molecule has 6 nitrogen and oxygen atoms in total. The van der Waals surface area contributed by atoms with E-state index in [0.29, 0.717) is 18.0 Å². The number of nitrogens with one attached hydrogen (secondary N) is 1. The van der Waals surface area contributed by atoms with Gasteiger partial charge in [-0.3, -0.25) is 9.20 Å². The molecule has 1 amide bonds. The summed E-state index contributed by atoms with van der Waals surface area (Å²) in [5, 5.41) is 2.92. The maximum Gasteiger partial charge on any atom is 0.248 e. The monoisotopic (exact) mass is 397 g/mol. The Hall–Kier alpha value is -2.80. The van der Waals surface area contributed by atoms with E-state index in [2.05, 4.69) is 10.3 Å². The molecular weight excluding hydrogens is 374 g/mol. The highest BCUT2D eigenvalue weighted by Crippen LogP contribution is 2.38. The zero-order valence-corrected chi connectivity index (χ0v) is 17.2. The van der Waals surface area contributed by atoms with Crippen molar-refractivity contribution >= 4 is 34.0 Å². The van der Waals surface area contributed by atoms with Crippen LogP contribution in [0.5, 0.6) is 11.5 Å². The molecule has 146 valence electrons. The van der Waals surface area contributed by atoms with Gasteiger partial charge in [0.1, 0.15) is 17.6 Å². The molecule has 28 heavy (non-hydrogen) atoms. The molecule has 3 aromatic rings. The van der Waals surface area contributed by atoms with Crippen molar-refractivity contribution < 1.29 is 14.3 Å². The SMILES string of the molecule is CCOc1cc2c(cc1NC(=O)/C=C\c1c(C)nc3sc(C)cn13)O[C@H](C)C2. The van der Waals surface area contributed by atoms with Crippen molar-refractivity contribution in [3.8, 4) is 11.5 Å². The van der Waals surface area contributed by atoms with E-state index in [1.165, 1.54) is 11.0 Å². The number of amides is 1. The highest BCUT2D eigenvalue weighted by molar-refractivity contribution is 7.17. The van der Waals surface area contributed by atoms with E-state index in [-0.39, 0.29) is 12.0 Å². The van der Waals surface area contributed by atoms with Crippen LogP contribution >= 0.6 is 11.3 Å². The Balaban J connectivity index is 1.57. The number of benzene rings is 1. The smallest absolute Gasteiger partial charge is 0.248 e. The summed E-state index contributed by atoms with van der Waals surface area (Å²) in [5.74, 6) is 1.24. The van der Waals surface area contributed by atoms with Gasteiger partial charge in [-0.05, 0) is 39.8 Å². The largest absolute Gasteiger partial charge is 0.492 e. The third kappa shape index (κ3) is 3.49. The standard InChI is InChI=1S/C21H23N3O3S/c1-5-26-19-9-15-8-12(2)27-18(15)10-16(19)23-20(25)7-6-17-14(4)22-21-24(17)11-13(3)28-21/h6-7,9-12H,5,8H2,1-4H3,(H,23,25)/b7-6-/t12-/m1/s1. The van der Waals surface area contributed by atoms with Gasteiger partial charge in [0.25, 0.3) is 0 Å². The van der Waals surface area contributed by atoms with Crippen LogP contribution in [0.1, 0.15) is 35.7 Å². The number of anilines is 1. The summed E-state index contributed by atoms with van der Waals surface area (Å²) in [4.78, 5) is 19.2. The van der Waals surface area contributed by atoms with Gasteiger partial charge in [-0.25, -0.2) is 4.98 Å². The highest BCUT2D eigenvalue weighted by Gasteiger charge is 2.22. The summed E-state index contributed by atoms with van der Waals surface area (Å²) in [7, 11) is 0. The van der Waals surface area contributed by atoms with Gasteiger partial charge in [-0.2, -0.15) is 0 Å². The number of rotatable bonds is 5. The van der Waals surface area contributed by atoms with Crippen molar-refractivity contribution in [2.45, 2.75) is 40.2 Å². The average molecular weight is 398 g/mol. The molecule has 0 saturated heterocycles. The summed E-state index contributed by atoms with van der Waals surface area (Å²) in [6.45, 7) is 8.47. The summed E-state index contributed by atoms with van der Waals surface area (Å²) in [5.41, 5.74) is 3.52. The zero-order valence-electron chi connectivity index (χ0n) is 16.4. The number of thiazole rings is 1. The average Bonchev–Trinajstić information content (AvgIpc) is 3.24. The molecule has 2 aromatic heterocycles. The van der Waals surface area contributed by atoms with E-state index in [4.69, 9.17) is 9.47 Å². The number of hydrogen-bond donors (Lipinski definition) is 1. The van der Waals surface area contributed by atoms with Crippen LogP contribution < -0.4 is 14.8 Å². The molecule has 1 aliphatic heterocycles. The number of nitrogens with zero attached hydrogens (tertiary/aromatic N) is 2. The molecule has 0 aliphatic carbocycles. The van der Waals surface area contributed by atoms with Crippen molar-refractivity contribution in [3.05, 3.63) is 46.2 Å². The maximum absolute atomic E-state index is 12.6. The zero-order chi connectivity index (χ0) is 19.8. The lowest BCUT2D eigenvalue weighted by atomic mass is 10.1. The van der Waals surface area contributed by atoms with Crippen molar-refractivity contribution in [2.24, 2.45) is 0 Å². The second kappa shape index (κ2) is 7.31. The van der Waals surface area contributed by atoms with Crippen molar-refractivity contribution in [2.75, 3.05) is 11.9 Å². The van der Waals surface area contributed by atoms with E-state index >= 15 is 0 Å². The van der Waals surface area contributed by atoms with Crippen molar-refractivity contribution in [3.63, 3.8) is 0 Å². The Morgan fingerprint density at radius 3 is 3.07 bits per heavy atom. The lowest BCUT2D eigenvalue weighted by Gasteiger charge is -2.12. The van der Waals surface area contributed by atoms with Crippen LogP contribution in [0.2, 0.25) is 0 Å². The van der Waals surface area contributed by atoms with Gasteiger partial charge in [0.05, 0.1) is 23.7 Å². The van der Waals surface area contributed by atoms with E-state index in [9.17, 15) is 4.79 Å². The molecule has 4 rings (SSSR count). The number of aryl methyl sites for hydroxylation is 2. The first-order valence-corrected chi connectivity index (χ1v) is 10.2. The number of carbonyl (C=O) groups is 1. The normalized spacial score (nSPS) is 15.8. The van der Waals surface area contributed by atoms with Crippen molar-refractivity contribution in [1.82, 2.24) is 9.38 Å². The Morgan fingerprint density at radius 1 is 1.46 bits per heavy atom. The van der Waals surface area contributed by atoms with Gasteiger partial charge in [-0.1, -0.05) is 0 Å². The molecule has 1 aromatic carbocycles. The topological polar surface area (TPSA) is 64.9 Å². The number of carbonyl (C=O) groups excluding carboxylic acids is 1. The second-order valence-corrected chi connectivity index (χ2v) is 8.13. The summed E-state index contributed by atoms with van der Waals surface area (Å²) in [6, 6.07) is 3.81. The van der Waals surface area contributed by atoms with Gasteiger partial charge < -0.3 is 14.8 Å². The van der Waals surface area contributed by atoms with Crippen LogP contribution in [-0.2, 0) is 11.2 Å². The molecule has 0 spiro atoms. The number of ether oxygens (including phenoxy) is 2. The Bertz CT molecular complexity index is 1080. The van der Waals surface area contributed by atoms with E-state index in [1.54, 1.807) is 17.4 Å². The first kappa shape index (κ1) is 18.6. The number of fused-ring (bicyclic) bond motifs is 2. The second-order valence-electron chi connectivity index (χ2n) is 6.92. The van der Waals surface area contributed by atoms with Gasteiger partial charge in [0.2, 0.25) is 5.91 Å². The Kier molecular flexibility index (Phi) is 4.85. The first-order chi connectivity index (χ1) is 13.4. The molecular formula is C21H23N3O3S. The number of imidazole rings is 1. The predicted molar refractivity (Wildman–Crippen MR) is 112 cm³/mol. The molecule has 0 saturated carbocycles. The van der Waals surface area contributed by atoms with E-state index in [0.717, 1.165) is 34.1 Å². The fraction of sp³-hybridized carbons (Fsp3) is 0.333. The predicted octanol–water partition coefficient (Wildman–Crippen LogP) is 4.39. The Labute approximate surface area is 167 Å². The third-order valence-corrected chi connectivity index (χ3v) is 5.51. The van der Waals surface area contributed by atoms with Crippen LogP contribution in [0.3, 0.4) is 0 Å². The molecule has 3 heterocycles. The molecule has 1 atom stereocenters. The van der Waals surface area contributed by atoms with Gasteiger partial charge in [0, 0.05) is 35.2 Å². The van der Waals surface area contributed by atoms with E-state index < -0.39 is 0 Å². The summed E-state index contributed by atoms with van der Waals surface area (Å²) < 4.78 is 13.5. The van der Waals surface area contributed by atoms with Crippen LogP contribution in [-0.4, -0.2) is 28.0 Å². The lowest BCUT2D eigenvalue weighted by molar-refractivity contribution is -0.111. The molecule has 0 fully saturated rings. The maximum atomic E-state index is 12.6. The summed E-state index contributed by atoms with van der Waals surface area (Å²) in [6.07, 6.45) is 6.33. The molecule has 1 N–H and O–H groups in total. The molecule has 0 unspecified atom stereocenters. The minimum absolute atomic E-state index is 0.136. The number of aromatic nitrogens is 2. The van der Waals surface area contributed by atoms with Crippen LogP contribution in [0.15, 0.2) is 24.4 Å². The fourth-order valence-electron chi connectivity index (χ4n) is 3.42. The van der Waals surface area contributed by atoms with Crippen LogP contribution in [0.25, 0.3) is 11.0 Å². The molecule has 0 bridgehead atoms. The fourth-order valence-corrected chi connectivity index (χ4v) is 4.30. The summed E-state index contributed by atoms with van der Waals surface area (Å²) >= 11 is 1.63. The van der Waals surface area contributed by atoms with E-state index in [1.807, 2.05) is 50.4 Å². The quantitative estimate of drug-likeness (QED) is 0.649. The Morgan fingerprint density at radius 2 is 2.29 bits per heavy atom. The van der Waals surface area contributed by atoms with Crippen LogP contribution in [0, 0.1) is 13.8 Å². The third-order valence-electron chi connectivity index (χ3n) is 4.61. The van der Waals surface area contributed by atoms with Crippen LogP contribution in [0.4, 0.5) is 5.69 Å². The lowest BCUT2D eigenvalue weighted by Crippen LogP contribution is -2.10. The van der Waals surface area contributed by atoms with Crippen molar-refractivity contribution in [1.29, 1.82) is 0 Å². The number of hydrogen-bond acceptors (Lipinski definition) is 5. The highest BCUT2D eigenvalue weighted by atomic mass is 32.1. The van der Waals surface area contributed by atoms with Gasteiger partial charge in [-0.15, -0.1) is 11.3 Å². The first-order valence-electron chi connectivity index (χ1n) is 9.35. The molecule has 7 heteroatoms. The minimum atomic E-state index is -0.228. The van der Waals surface area contributed by atoms with Gasteiger partial charge in [0.15, 0.2) is 4.96 Å². The minimum Gasteiger partial charge on any atom is -0.492 e.